The van der Waals surface area contributed by atoms with Crippen LogP contribution in [0.15, 0.2) is 12.7 Å². The van der Waals surface area contributed by atoms with Crippen molar-refractivity contribution in [2.45, 2.75) is 44.9 Å². The van der Waals surface area contributed by atoms with Crippen molar-refractivity contribution in [1.82, 2.24) is 0 Å². The summed E-state index contributed by atoms with van der Waals surface area (Å²) < 4.78 is 0. The Morgan fingerprint density at radius 2 is 1.58 bits per heavy atom. The van der Waals surface area contributed by atoms with Gasteiger partial charge in [0.2, 0.25) is 0 Å². The van der Waals surface area contributed by atoms with Gasteiger partial charge in [0.15, 0.2) is 0 Å². The first-order valence-electron chi connectivity index (χ1n) is 4.58. The Hall–Kier alpha value is 0.843. The first-order chi connectivity index (χ1) is 5.91. The molecule has 0 heterocycles. The predicted octanol–water partition coefficient (Wildman–Crippen LogP) is 4.58. The van der Waals surface area contributed by atoms with Crippen LogP contribution in [0.1, 0.15) is 44.9 Å². The Morgan fingerprint density at radius 3 is 2.08 bits per heavy atom. The summed E-state index contributed by atoms with van der Waals surface area (Å²) in [6, 6.07) is 0. The number of hydrogen-bond acceptors (Lipinski definition) is 0. The van der Waals surface area contributed by atoms with Crippen molar-refractivity contribution in [1.29, 1.82) is 0 Å². The number of hydrogen-bond donors (Lipinski definition) is 0. The quantitative estimate of drug-likeness (QED) is 0.278. The molecular formula is C10H19BrZn. The first-order valence-corrected chi connectivity index (χ1v) is 11.5. The zero-order chi connectivity index (χ0) is 9.66. The van der Waals surface area contributed by atoms with E-state index in [0.717, 1.165) is 6.42 Å². The van der Waals surface area contributed by atoms with Crippen molar-refractivity contribution >= 4 is 13.6 Å². The minimum absolute atomic E-state index is 1.10. The molecule has 0 saturated carbocycles. The Morgan fingerprint density at radius 1 is 1.08 bits per heavy atom. The number of halogens is 1. The fraction of sp³-hybridized carbons (Fsp3) is 0.700. The van der Waals surface area contributed by atoms with E-state index in [2.05, 4.69) is 27.1 Å². The summed E-state index contributed by atoms with van der Waals surface area (Å²) in [5.41, 5.74) is 0. The van der Waals surface area contributed by atoms with E-state index in [9.17, 15) is 0 Å². The average Bonchev–Trinajstić information content (AvgIpc) is 2.15. The molecule has 0 unspecified atom stereocenters. The van der Waals surface area contributed by atoms with Crippen LogP contribution in [0.25, 0.3) is 0 Å². The Balaban J connectivity index is 0. The Labute approximate surface area is 94.2 Å². The normalized spacial score (nSPS) is 8.67. The second-order valence-electron chi connectivity index (χ2n) is 2.70. The third-order valence-electron chi connectivity index (χ3n) is 1.66. The summed E-state index contributed by atoms with van der Waals surface area (Å²) in [7, 11) is 0. The summed E-state index contributed by atoms with van der Waals surface area (Å²) in [6.45, 7) is 7.49. The van der Waals surface area contributed by atoms with Crippen LogP contribution in [-0.2, 0) is 16.3 Å². The molecule has 0 amide bonds. The van der Waals surface area contributed by atoms with Crippen molar-refractivity contribution in [3.63, 3.8) is 0 Å². The summed E-state index contributed by atoms with van der Waals surface area (Å²) in [5, 5.41) is 0. The van der Waals surface area contributed by atoms with Gasteiger partial charge in [-0.3, -0.25) is 0 Å². The van der Waals surface area contributed by atoms with Crippen molar-refractivity contribution in [2.75, 3.05) is 0 Å². The van der Waals surface area contributed by atoms with E-state index in [1.165, 1.54) is 54.9 Å². The molecule has 2 heteroatoms. The second kappa shape index (κ2) is 17.8. The topological polar surface area (TPSA) is 0 Å². The van der Waals surface area contributed by atoms with E-state index < -0.39 is 0 Å². The molecule has 0 N–H and O–H groups in total. The summed E-state index contributed by atoms with van der Waals surface area (Å²) in [5.74, 6) is 0. The molecule has 12 heavy (non-hydrogen) atoms. The van der Waals surface area contributed by atoms with Gasteiger partial charge in [0.25, 0.3) is 0 Å². The van der Waals surface area contributed by atoms with Gasteiger partial charge in [-0.05, 0) is 12.8 Å². The summed E-state index contributed by atoms with van der Waals surface area (Å²) >= 11 is 4.25. The zero-order valence-electron chi connectivity index (χ0n) is 8.03. The molecule has 0 fully saturated rings. The van der Waals surface area contributed by atoms with Crippen LogP contribution >= 0.6 is 13.6 Å². The Bertz CT molecular complexity index is 74.2. The molecule has 0 aromatic heterocycles. The fourth-order valence-corrected chi connectivity index (χ4v) is 0.996. The van der Waals surface area contributed by atoms with Crippen LogP contribution in [0.5, 0.6) is 0 Å². The molecule has 0 aliphatic carbocycles. The van der Waals surface area contributed by atoms with Gasteiger partial charge >= 0.3 is 30.0 Å². The molecular weight excluding hydrogens is 265 g/mol. The van der Waals surface area contributed by atoms with Gasteiger partial charge in [-0.2, -0.15) is 6.42 Å². The van der Waals surface area contributed by atoms with Crippen molar-refractivity contribution in [3.8, 4) is 0 Å². The van der Waals surface area contributed by atoms with Gasteiger partial charge in [-0.15, -0.1) is 6.58 Å². The van der Waals surface area contributed by atoms with Crippen LogP contribution in [0.4, 0.5) is 0 Å². The van der Waals surface area contributed by atoms with Gasteiger partial charge in [0, 0.05) is 0 Å². The monoisotopic (exact) mass is 282 g/mol. The van der Waals surface area contributed by atoms with E-state index in [0.29, 0.717) is 0 Å². The number of allylic oxidation sites excluding steroid dienone is 1. The molecule has 0 aliphatic heterocycles. The van der Waals surface area contributed by atoms with Crippen molar-refractivity contribution in [2.24, 2.45) is 0 Å². The van der Waals surface area contributed by atoms with E-state index in [1.54, 1.807) is 0 Å². The molecule has 0 saturated heterocycles. The molecule has 0 radical (unpaired) electrons. The molecule has 0 bridgehead atoms. The average molecular weight is 285 g/mol. The molecule has 0 atom stereocenters. The third kappa shape index (κ3) is 17.1. The van der Waals surface area contributed by atoms with Gasteiger partial charge in [0.05, 0.1) is 0 Å². The van der Waals surface area contributed by atoms with Crippen molar-refractivity contribution in [3.05, 3.63) is 19.6 Å². The van der Waals surface area contributed by atoms with Crippen LogP contribution < -0.4 is 0 Å². The maximum atomic E-state index is 3.80. The van der Waals surface area contributed by atoms with Gasteiger partial charge in [-0.1, -0.05) is 31.8 Å². The summed E-state index contributed by atoms with van der Waals surface area (Å²) in [6.07, 6.45) is 11.0. The van der Waals surface area contributed by atoms with Gasteiger partial charge < -0.3 is 6.92 Å². The SMILES string of the molecule is C=CCCCCCCC[CH2-].[Zn+][Br]. The van der Waals surface area contributed by atoms with Crippen LogP contribution in [0, 0.1) is 6.92 Å². The third-order valence-corrected chi connectivity index (χ3v) is 1.66. The second-order valence-corrected chi connectivity index (χ2v) is 2.70. The zero-order valence-corrected chi connectivity index (χ0v) is 12.6. The van der Waals surface area contributed by atoms with Crippen LogP contribution in [-0.4, -0.2) is 0 Å². The minimum atomic E-state index is 1.10. The fourth-order valence-electron chi connectivity index (χ4n) is 0.996. The van der Waals surface area contributed by atoms with Crippen LogP contribution in [0.2, 0.25) is 0 Å². The first kappa shape index (κ1) is 15.3. The molecule has 68 valence electrons. The standard InChI is InChI=1S/C10H19.BrH.Zn/c1-3-5-7-9-10-8-6-4-2;;/h3H,1-2,4-10H2;1H;/q-1;;+2/p-1. The molecule has 0 nitrogen and oxygen atoms in total. The van der Waals surface area contributed by atoms with Crippen molar-refractivity contribution < 1.29 is 16.3 Å². The van der Waals surface area contributed by atoms with E-state index in [1.807, 2.05) is 6.08 Å². The molecule has 0 aromatic carbocycles. The molecule has 0 aliphatic rings. The predicted molar refractivity (Wildman–Crippen MR) is 56.8 cm³/mol. The van der Waals surface area contributed by atoms with Gasteiger partial charge in [-0.25, -0.2) is 0 Å². The van der Waals surface area contributed by atoms with E-state index in [4.69, 9.17) is 0 Å². The van der Waals surface area contributed by atoms with Gasteiger partial charge in [0.1, 0.15) is 0 Å². The van der Waals surface area contributed by atoms with E-state index >= 15 is 0 Å². The molecule has 0 spiro atoms. The maximum absolute atomic E-state index is 3.80. The number of rotatable bonds is 7. The summed E-state index contributed by atoms with van der Waals surface area (Å²) in [4.78, 5) is 0. The molecule has 0 aromatic rings. The van der Waals surface area contributed by atoms with Crippen LogP contribution in [0.3, 0.4) is 0 Å². The Kier molecular flexibility index (Phi) is 22.7. The number of unbranched alkanes of at least 4 members (excludes halogenated alkanes) is 6. The van der Waals surface area contributed by atoms with E-state index in [-0.39, 0.29) is 0 Å². The molecule has 0 rings (SSSR count).